The third kappa shape index (κ3) is 2.77. The maximum Gasteiger partial charge on any atom is 0.157 e. The van der Waals surface area contributed by atoms with Crippen LogP contribution in [-0.2, 0) is 4.74 Å². The van der Waals surface area contributed by atoms with Gasteiger partial charge in [-0.1, -0.05) is 13.8 Å². The number of nitrogens with two attached hydrogens (primary N) is 1. The van der Waals surface area contributed by atoms with Crippen LogP contribution in [0.4, 0.5) is 0 Å². The van der Waals surface area contributed by atoms with Crippen molar-refractivity contribution in [3.63, 3.8) is 0 Å². The first-order valence-electron chi connectivity index (χ1n) is 5.59. The zero-order valence-electron chi connectivity index (χ0n) is 10.7. The van der Waals surface area contributed by atoms with Gasteiger partial charge in [-0.3, -0.25) is 0 Å². The second-order valence-electron chi connectivity index (χ2n) is 4.46. The van der Waals surface area contributed by atoms with Crippen molar-refractivity contribution in [3.8, 4) is 0 Å². The van der Waals surface area contributed by atoms with Gasteiger partial charge in [0.05, 0.1) is 0 Å². The Labute approximate surface area is 97.2 Å². The Bertz CT molecular complexity index is 350. The van der Waals surface area contributed by atoms with E-state index in [1.54, 1.807) is 13.3 Å². The van der Waals surface area contributed by atoms with Crippen molar-refractivity contribution < 1.29 is 4.74 Å². The molecule has 1 aromatic rings. The van der Waals surface area contributed by atoms with E-state index >= 15 is 0 Å². The summed E-state index contributed by atoms with van der Waals surface area (Å²) in [4.78, 5) is 8.81. The number of nitrogens with zero attached hydrogens (tertiary/aromatic N) is 2. The SMILES string of the molecule is COC(c1ncc(C(C)N)c(C)n1)C(C)C. The lowest BCUT2D eigenvalue weighted by Crippen LogP contribution is -2.16. The Morgan fingerprint density at radius 2 is 1.94 bits per heavy atom. The van der Waals surface area contributed by atoms with Crippen LogP contribution < -0.4 is 5.73 Å². The lowest BCUT2D eigenvalue weighted by molar-refractivity contribution is 0.0572. The third-order valence-corrected chi connectivity index (χ3v) is 2.64. The molecule has 0 saturated carbocycles. The first kappa shape index (κ1) is 13.1. The number of rotatable bonds is 4. The number of ether oxygens (including phenoxy) is 1. The molecule has 0 amide bonds. The monoisotopic (exact) mass is 223 g/mol. The number of hydrogen-bond donors (Lipinski definition) is 1. The van der Waals surface area contributed by atoms with E-state index in [0.717, 1.165) is 17.1 Å². The van der Waals surface area contributed by atoms with Gasteiger partial charge in [-0.15, -0.1) is 0 Å². The second-order valence-corrected chi connectivity index (χ2v) is 4.46. The maximum atomic E-state index is 5.82. The van der Waals surface area contributed by atoms with Gasteiger partial charge in [0.15, 0.2) is 5.82 Å². The summed E-state index contributed by atoms with van der Waals surface area (Å²) in [6, 6.07) is -0.0332. The summed E-state index contributed by atoms with van der Waals surface area (Å²) in [6.07, 6.45) is 1.75. The van der Waals surface area contributed by atoms with Gasteiger partial charge in [0.1, 0.15) is 6.10 Å². The highest BCUT2D eigenvalue weighted by atomic mass is 16.5. The van der Waals surface area contributed by atoms with E-state index in [1.165, 1.54) is 0 Å². The van der Waals surface area contributed by atoms with Crippen LogP contribution in [0.3, 0.4) is 0 Å². The van der Waals surface area contributed by atoms with Crippen LogP contribution >= 0.6 is 0 Å². The average molecular weight is 223 g/mol. The molecule has 0 saturated heterocycles. The zero-order valence-corrected chi connectivity index (χ0v) is 10.7. The number of aryl methyl sites for hydroxylation is 1. The Morgan fingerprint density at radius 3 is 2.31 bits per heavy atom. The van der Waals surface area contributed by atoms with Crippen molar-refractivity contribution in [1.82, 2.24) is 9.97 Å². The summed E-state index contributed by atoms with van der Waals surface area (Å²) >= 11 is 0. The molecule has 0 aliphatic rings. The number of methoxy groups -OCH3 is 1. The minimum absolute atomic E-state index is 0.0332. The molecule has 0 aliphatic heterocycles. The average Bonchev–Trinajstić information content (AvgIpc) is 2.17. The lowest BCUT2D eigenvalue weighted by Gasteiger charge is -2.19. The summed E-state index contributed by atoms with van der Waals surface area (Å²) < 4.78 is 5.40. The highest BCUT2D eigenvalue weighted by molar-refractivity contribution is 5.20. The van der Waals surface area contributed by atoms with Crippen molar-refractivity contribution in [1.29, 1.82) is 0 Å². The topological polar surface area (TPSA) is 61.0 Å². The molecule has 4 nitrogen and oxygen atoms in total. The standard InChI is InChI=1S/C12H21N3O/c1-7(2)11(16-5)12-14-6-10(8(3)13)9(4)15-12/h6-8,11H,13H2,1-5H3. The van der Waals surface area contributed by atoms with Crippen LogP contribution in [-0.4, -0.2) is 17.1 Å². The molecular formula is C12H21N3O. The first-order chi connectivity index (χ1) is 7.47. The van der Waals surface area contributed by atoms with Gasteiger partial charge in [0, 0.05) is 30.6 Å². The fraction of sp³-hybridized carbons (Fsp3) is 0.667. The number of aromatic nitrogens is 2. The molecule has 2 N–H and O–H groups in total. The van der Waals surface area contributed by atoms with E-state index < -0.39 is 0 Å². The Hall–Kier alpha value is -1.00. The fourth-order valence-corrected chi connectivity index (χ4v) is 1.75. The van der Waals surface area contributed by atoms with Crippen LogP contribution in [0.5, 0.6) is 0 Å². The fourth-order valence-electron chi connectivity index (χ4n) is 1.75. The van der Waals surface area contributed by atoms with Gasteiger partial charge in [-0.2, -0.15) is 0 Å². The molecular weight excluding hydrogens is 202 g/mol. The smallest absolute Gasteiger partial charge is 0.157 e. The summed E-state index contributed by atoms with van der Waals surface area (Å²) in [7, 11) is 1.68. The van der Waals surface area contributed by atoms with E-state index in [9.17, 15) is 0 Å². The molecule has 0 fully saturated rings. The normalized spacial score (nSPS) is 15.2. The maximum absolute atomic E-state index is 5.82. The molecule has 4 heteroatoms. The Balaban J connectivity index is 3.04. The van der Waals surface area contributed by atoms with Crippen LogP contribution in [0.15, 0.2) is 6.20 Å². The number of hydrogen-bond acceptors (Lipinski definition) is 4. The van der Waals surface area contributed by atoms with Crippen LogP contribution in [0, 0.1) is 12.8 Å². The second kappa shape index (κ2) is 5.37. The van der Waals surface area contributed by atoms with E-state index in [2.05, 4.69) is 23.8 Å². The van der Waals surface area contributed by atoms with E-state index in [-0.39, 0.29) is 12.1 Å². The molecule has 1 rings (SSSR count). The molecule has 0 bridgehead atoms. The largest absolute Gasteiger partial charge is 0.373 e. The highest BCUT2D eigenvalue weighted by Crippen LogP contribution is 2.23. The van der Waals surface area contributed by atoms with Gasteiger partial charge in [0.25, 0.3) is 0 Å². The lowest BCUT2D eigenvalue weighted by atomic mass is 10.1. The van der Waals surface area contributed by atoms with Gasteiger partial charge in [-0.25, -0.2) is 9.97 Å². The molecule has 2 unspecified atom stereocenters. The molecule has 0 radical (unpaired) electrons. The first-order valence-corrected chi connectivity index (χ1v) is 5.59. The molecule has 16 heavy (non-hydrogen) atoms. The molecule has 0 aromatic carbocycles. The van der Waals surface area contributed by atoms with Gasteiger partial charge >= 0.3 is 0 Å². The van der Waals surface area contributed by atoms with Crippen LogP contribution in [0.1, 0.15) is 50.0 Å². The molecule has 90 valence electrons. The molecule has 0 spiro atoms. The highest BCUT2D eigenvalue weighted by Gasteiger charge is 2.19. The van der Waals surface area contributed by atoms with Crippen molar-refractivity contribution in [3.05, 3.63) is 23.3 Å². The van der Waals surface area contributed by atoms with E-state index in [1.807, 2.05) is 13.8 Å². The summed E-state index contributed by atoms with van der Waals surface area (Å²) in [6.45, 7) is 8.07. The Kier molecular flexibility index (Phi) is 4.38. The van der Waals surface area contributed by atoms with Gasteiger partial charge in [0.2, 0.25) is 0 Å². The predicted octanol–water partition coefficient (Wildman–Crippen LogP) is 2.15. The minimum Gasteiger partial charge on any atom is -0.373 e. The zero-order chi connectivity index (χ0) is 12.3. The van der Waals surface area contributed by atoms with Gasteiger partial charge < -0.3 is 10.5 Å². The van der Waals surface area contributed by atoms with Crippen LogP contribution in [0.2, 0.25) is 0 Å². The van der Waals surface area contributed by atoms with Crippen molar-refractivity contribution in [2.45, 2.75) is 39.8 Å². The molecule has 1 aromatic heterocycles. The van der Waals surface area contributed by atoms with E-state index in [0.29, 0.717) is 5.92 Å². The van der Waals surface area contributed by atoms with Crippen LogP contribution in [0.25, 0.3) is 0 Å². The predicted molar refractivity (Wildman–Crippen MR) is 64.0 cm³/mol. The van der Waals surface area contributed by atoms with Crippen molar-refractivity contribution in [2.75, 3.05) is 7.11 Å². The molecule has 1 heterocycles. The van der Waals surface area contributed by atoms with Crippen molar-refractivity contribution in [2.24, 2.45) is 11.7 Å². The third-order valence-electron chi connectivity index (χ3n) is 2.64. The van der Waals surface area contributed by atoms with E-state index in [4.69, 9.17) is 10.5 Å². The summed E-state index contributed by atoms with van der Waals surface area (Å²) in [5.41, 5.74) is 7.74. The summed E-state index contributed by atoms with van der Waals surface area (Å²) in [5, 5.41) is 0. The minimum atomic E-state index is -0.0548. The molecule has 2 atom stereocenters. The van der Waals surface area contributed by atoms with Gasteiger partial charge in [-0.05, 0) is 19.8 Å². The molecule has 0 aliphatic carbocycles. The summed E-state index contributed by atoms with van der Waals surface area (Å²) in [5.74, 6) is 1.09. The Morgan fingerprint density at radius 1 is 1.31 bits per heavy atom. The van der Waals surface area contributed by atoms with Crippen molar-refractivity contribution >= 4 is 0 Å². The quantitative estimate of drug-likeness (QED) is 0.849.